The van der Waals surface area contributed by atoms with Crippen LogP contribution < -0.4 is 10.2 Å². The molecule has 0 bridgehead atoms. The Bertz CT molecular complexity index is 1030. The van der Waals surface area contributed by atoms with Crippen LogP contribution in [0.15, 0.2) is 18.6 Å². The summed E-state index contributed by atoms with van der Waals surface area (Å²) < 4.78 is 16.4. The molecule has 6 atom stereocenters. The molecule has 1 saturated heterocycles. The first kappa shape index (κ1) is 29.4. The normalized spacial score (nSPS) is 30.1. The third kappa shape index (κ3) is 6.75. The molecule has 1 aliphatic carbocycles. The highest BCUT2D eigenvalue weighted by atomic mass is 35.5. The van der Waals surface area contributed by atoms with Gasteiger partial charge in [-0.1, -0.05) is 52.5 Å². The van der Waals surface area contributed by atoms with E-state index >= 15 is 0 Å². The maximum atomic E-state index is 12.0. The zero-order chi connectivity index (χ0) is 27.4. The van der Waals surface area contributed by atoms with Gasteiger partial charge in [-0.25, -0.2) is 19.6 Å². The van der Waals surface area contributed by atoms with Crippen LogP contribution in [0.5, 0.6) is 0 Å². The fraction of sp³-hybridized carbons (Fsp3) is 0.652. The lowest BCUT2D eigenvalue weighted by Crippen LogP contribution is -2.43. The van der Waals surface area contributed by atoms with E-state index in [1.165, 1.54) is 6.33 Å². The Labute approximate surface area is 239 Å². The highest BCUT2D eigenvalue weighted by molar-refractivity contribution is 6.53. The number of ether oxygens (including phenoxy) is 3. The topological polar surface area (TPSA) is 143 Å². The minimum Gasteiger partial charge on any atom is -0.461 e. The monoisotopic (exact) mass is 612 g/mol. The third-order valence-electron chi connectivity index (χ3n) is 6.63. The Hall–Kier alpha value is -1.60. The minimum absolute atomic E-state index is 0.207. The number of hydrogen-bond acceptors (Lipinski definition) is 11. The van der Waals surface area contributed by atoms with Gasteiger partial charge in [0.15, 0.2) is 6.23 Å². The summed E-state index contributed by atoms with van der Waals surface area (Å²) in [5.41, 5.74) is 0.772. The summed E-state index contributed by atoms with van der Waals surface area (Å²) in [6.45, 7) is -0.349. The van der Waals surface area contributed by atoms with Gasteiger partial charge in [0.1, 0.15) is 49.0 Å². The number of halogens is 4. The van der Waals surface area contributed by atoms with Crippen LogP contribution in [-0.2, 0) is 30.2 Å². The van der Waals surface area contributed by atoms with E-state index in [-0.39, 0.29) is 12.6 Å². The molecule has 4 rings (SSSR count). The van der Waals surface area contributed by atoms with Gasteiger partial charge >= 0.3 is 11.9 Å². The van der Waals surface area contributed by atoms with Gasteiger partial charge in [-0.15, -0.1) is 0 Å². The molecule has 4 unspecified atom stereocenters. The summed E-state index contributed by atoms with van der Waals surface area (Å²) in [5.74, 6) is -0.543. The van der Waals surface area contributed by atoms with Gasteiger partial charge in [0, 0.05) is 11.8 Å². The van der Waals surface area contributed by atoms with Crippen LogP contribution in [0.1, 0.15) is 37.7 Å². The highest BCUT2D eigenvalue weighted by Gasteiger charge is 2.47. The molecule has 3 aliphatic rings. The summed E-state index contributed by atoms with van der Waals surface area (Å²) in [5, 5.41) is 24.8. The summed E-state index contributed by atoms with van der Waals surface area (Å²) in [7, 11) is 0. The number of allylic oxidation sites excluding steroid dienone is 1. The van der Waals surface area contributed by atoms with E-state index in [9.17, 15) is 19.8 Å². The number of hydrogen-bond donors (Lipinski definition) is 3. The molecule has 2 aliphatic heterocycles. The number of rotatable bonds is 8. The van der Waals surface area contributed by atoms with Gasteiger partial charge < -0.3 is 34.6 Å². The van der Waals surface area contributed by atoms with Gasteiger partial charge in [-0.3, -0.25) is 0 Å². The lowest BCUT2D eigenvalue weighted by atomic mass is 10.0. The van der Waals surface area contributed by atoms with Crippen molar-refractivity contribution in [2.45, 2.75) is 84.9 Å². The first-order chi connectivity index (χ1) is 18.2. The van der Waals surface area contributed by atoms with Crippen molar-refractivity contribution in [2.24, 2.45) is 0 Å². The number of fused-ring (bicyclic) bond motifs is 1. The number of aliphatic hydroxyl groups is 2. The lowest BCUT2D eigenvalue weighted by Gasteiger charge is -2.32. The van der Waals surface area contributed by atoms with E-state index in [2.05, 4.69) is 15.3 Å². The van der Waals surface area contributed by atoms with Crippen molar-refractivity contribution in [3.8, 4) is 0 Å². The largest absolute Gasteiger partial charge is 0.461 e. The van der Waals surface area contributed by atoms with E-state index in [4.69, 9.17) is 60.6 Å². The van der Waals surface area contributed by atoms with Gasteiger partial charge in [0.25, 0.3) is 0 Å². The minimum atomic E-state index is -1.38. The maximum Gasteiger partial charge on any atom is 0.339 e. The van der Waals surface area contributed by atoms with E-state index in [0.717, 1.165) is 31.2 Å². The molecular weight excluding hydrogens is 586 g/mol. The molecule has 2 fully saturated rings. The van der Waals surface area contributed by atoms with Gasteiger partial charge in [0.05, 0.1) is 6.04 Å². The molecule has 3 N–H and O–H groups in total. The number of aliphatic hydroxyl groups excluding tert-OH is 2. The van der Waals surface area contributed by atoms with Crippen LogP contribution in [-0.4, -0.2) is 85.1 Å². The standard InChI is InChI=1S/C23H28Cl4N4O7/c24-17(25)22(34)36-9-14-15(32)16(33)21(37-14)31-8-3-1-2-5-11-19(28-10-29-20(11)31)30-12-6-4-7-13(12)38-23(35)18(26)27/h3,8,10,12-18,21,32-33H,1-2,4-7,9H2,(H,28,29,30)/b8-3+/t12?,13?,14?,15-,16-,21?/m1/s1. The molecule has 0 radical (unpaired) electrons. The van der Waals surface area contributed by atoms with Crippen LogP contribution in [0.3, 0.4) is 0 Å². The molecule has 11 nitrogen and oxygen atoms in total. The van der Waals surface area contributed by atoms with Gasteiger partial charge in [0.2, 0.25) is 9.67 Å². The van der Waals surface area contributed by atoms with Crippen LogP contribution in [0.2, 0.25) is 0 Å². The molecule has 38 heavy (non-hydrogen) atoms. The van der Waals surface area contributed by atoms with Crippen molar-refractivity contribution < 1.29 is 34.0 Å². The smallest absolute Gasteiger partial charge is 0.339 e. The zero-order valence-corrected chi connectivity index (χ0v) is 23.1. The number of nitrogens with one attached hydrogen (secondary N) is 1. The average molecular weight is 614 g/mol. The first-order valence-corrected chi connectivity index (χ1v) is 13.9. The average Bonchev–Trinajstić information content (AvgIpc) is 3.42. The second kappa shape index (κ2) is 13.2. The van der Waals surface area contributed by atoms with Gasteiger partial charge in [-0.2, -0.15) is 0 Å². The molecule has 3 heterocycles. The fourth-order valence-electron chi connectivity index (χ4n) is 4.77. The van der Waals surface area contributed by atoms with Crippen LogP contribution in [0.4, 0.5) is 11.6 Å². The van der Waals surface area contributed by atoms with E-state index in [1.54, 1.807) is 11.1 Å². The predicted molar refractivity (Wildman–Crippen MR) is 140 cm³/mol. The number of carbonyl (C=O) groups excluding carboxylic acids is 2. The number of esters is 2. The Kier molecular flexibility index (Phi) is 10.2. The molecule has 0 spiro atoms. The van der Waals surface area contributed by atoms with Crippen LogP contribution in [0, 0.1) is 0 Å². The Balaban J connectivity index is 1.55. The second-order valence-electron chi connectivity index (χ2n) is 9.14. The van der Waals surface area contributed by atoms with Crippen molar-refractivity contribution in [3.05, 3.63) is 24.2 Å². The zero-order valence-electron chi connectivity index (χ0n) is 20.1. The van der Waals surface area contributed by atoms with Crippen molar-refractivity contribution in [3.63, 3.8) is 0 Å². The maximum absolute atomic E-state index is 12.0. The lowest BCUT2D eigenvalue weighted by molar-refractivity contribution is -0.147. The molecule has 0 amide bonds. The summed E-state index contributed by atoms with van der Waals surface area (Å²) in [6.07, 6.45) is 4.28. The van der Waals surface area contributed by atoms with Crippen LogP contribution >= 0.6 is 46.4 Å². The quantitative estimate of drug-likeness (QED) is 0.294. The van der Waals surface area contributed by atoms with E-state index in [1.807, 2.05) is 6.08 Å². The summed E-state index contributed by atoms with van der Waals surface area (Å²) in [6, 6.07) is -0.207. The van der Waals surface area contributed by atoms with Gasteiger partial charge in [-0.05, 0) is 38.5 Å². The Morgan fingerprint density at radius 1 is 1.11 bits per heavy atom. The number of carbonyl (C=O) groups is 2. The number of alkyl halides is 4. The SMILES string of the molecule is O=C(OCC1OC(N2/C=C/CCCc3c(NC4CCCC4OC(=O)C(Cl)Cl)ncnc32)[C@H](O)[C@@H]1O)C(Cl)Cl. The Morgan fingerprint density at radius 3 is 2.61 bits per heavy atom. The molecular formula is C23H28Cl4N4O7. The van der Waals surface area contributed by atoms with Crippen molar-refractivity contribution in [1.82, 2.24) is 9.97 Å². The fourth-order valence-corrected chi connectivity index (χ4v) is 5.00. The first-order valence-electron chi connectivity index (χ1n) is 12.2. The molecule has 0 aromatic carbocycles. The molecule has 210 valence electrons. The van der Waals surface area contributed by atoms with Crippen molar-refractivity contribution >= 4 is 70.0 Å². The third-order valence-corrected chi connectivity index (χ3v) is 7.34. The van der Waals surface area contributed by atoms with E-state index in [0.29, 0.717) is 24.5 Å². The number of nitrogens with zero attached hydrogens (tertiary/aromatic N) is 3. The predicted octanol–water partition coefficient (Wildman–Crippen LogP) is 2.61. The second-order valence-corrected chi connectivity index (χ2v) is 11.3. The van der Waals surface area contributed by atoms with E-state index < -0.39 is 52.3 Å². The number of anilines is 2. The summed E-state index contributed by atoms with van der Waals surface area (Å²) in [4.78, 5) is 31.5. The molecule has 15 heteroatoms. The van der Waals surface area contributed by atoms with Crippen molar-refractivity contribution in [2.75, 3.05) is 16.8 Å². The van der Waals surface area contributed by atoms with Crippen LogP contribution in [0.25, 0.3) is 0 Å². The molecule has 1 saturated carbocycles. The summed E-state index contributed by atoms with van der Waals surface area (Å²) >= 11 is 22.3. The number of aromatic nitrogens is 2. The van der Waals surface area contributed by atoms with Crippen molar-refractivity contribution in [1.29, 1.82) is 0 Å². The Morgan fingerprint density at radius 2 is 1.87 bits per heavy atom. The molecule has 1 aromatic heterocycles. The molecule has 1 aromatic rings. The highest BCUT2D eigenvalue weighted by Crippen LogP contribution is 2.35.